The number of ether oxygens (including phenoxy) is 1. The van der Waals surface area contributed by atoms with Crippen LogP contribution in [-0.2, 0) is 4.79 Å². The molecule has 0 fully saturated rings. The zero-order chi connectivity index (χ0) is 17.5. The molecule has 25 heavy (non-hydrogen) atoms. The molecule has 0 saturated heterocycles. The van der Waals surface area contributed by atoms with Crippen LogP contribution in [0.1, 0.15) is 0 Å². The summed E-state index contributed by atoms with van der Waals surface area (Å²) < 4.78 is 18.7. The molecule has 0 saturated carbocycles. The van der Waals surface area contributed by atoms with E-state index in [-0.39, 0.29) is 17.5 Å². The Balaban J connectivity index is 1.62. The maximum Gasteiger partial charge on any atom is 0.234 e. The Morgan fingerprint density at radius 3 is 2.36 bits per heavy atom. The summed E-state index contributed by atoms with van der Waals surface area (Å²) in [6, 6.07) is 22.7. The second-order valence-electron chi connectivity index (χ2n) is 5.20. The van der Waals surface area contributed by atoms with Gasteiger partial charge in [0, 0.05) is 4.90 Å². The Morgan fingerprint density at radius 1 is 0.920 bits per heavy atom. The molecule has 0 aliphatic heterocycles. The van der Waals surface area contributed by atoms with Crippen LogP contribution < -0.4 is 10.1 Å². The highest BCUT2D eigenvalue weighted by Crippen LogP contribution is 2.29. The van der Waals surface area contributed by atoms with Gasteiger partial charge in [-0.2, -0.15) is 0 Å². The summed E-state index contributed by atoms with van der Waals surface area (Å²) in [4.78, 5) is 13.0. The van der Waals surface area contributed by atoms with Crippen molar-refractivity contribution in [2.45, 2.75) is 4.90 Å². The Hall–Kier alpha value is -2.79. The SMILES string of the molecule is O=C(CSc1ccc(F)cc1)Nc1ccccc1Oc1ccccc1. The van der Waals surface area contributed by atoms with E-state index >= 15 is 0 Å². The second-order valence-corrected chi connectivity index (χ2v) is 6.25. The summed E-state index contributed by atoms with van der Waals surface area (Å²) in [6.45, 7) is 0. The third kappa shape index (κ3) is 5.09. The molecule has 5 heteroatoms. The molecule has 0 atom stereocenters. The lowest BCUT2D eigenvalue weighted by Crippen LogP contribution is -2.14. The lowest BCUT2D eigenvalue weighted by Gasteiger charge is -2.12. The lowest BCUT2D eigenvalue weighted by atomic mass is 10.3. The molecule has 0 aliphatic carbocycles. The molecule has 3 rings (SSSR count). The van der Waals surface area contributed by atoms with Crippen molar-refractivity contribution in [3.63, 3.8) is 0 Å². The summed E-state index contributed by atoms with van der Waals surface area (Å²) in [7, 11) is 0. The molecule has 3 nitrogen and oxygen atoms in total. The average Bonchev–Trinajstić information content (AvgIpc) is 2.64. The first-order valence-corrected chi connectivity index (χ1v) is 8.69. The average molecular weight is 353 g/mol. The molecular weight excluding hydrogens is 337 g/mol. The van der Waals surface area contributed by atoms with Crippen molar-refractivity contribution in [3.05, 3.63) is 84.7 Å². The predicted octanol–water partition coefficient (Wildman–Crippen LogP) is 5.35. The maximum atomic E-state index is 12.9. The first-order valence-electron chi connectivity index (χ1n) is 7.71. The Morgan fingerprint density at radius 2 is 1.60 bits per heavy atom. The summed E-state index contributed by atoms with van der Waals surface area (Å²) in [5, 5.41) is 2.85. The first-order chi connectivity index (χ1) is 12.2. The van der Waals surface area contributed by atoms with E-state index in [4.69, 9.17) is 4.74 Å². The first kappa shape index (κ1) is 17.0. The van der Waals surface area contributed by atoms with Crippen molar-refractivity contribution in [2.24, 2.45) is 0 Å². The number of anilines is 1. The number of carbonyl (C=O) groups is 1. The number of para-hydroxylation sites is 3. The lowest BCUT2D eigenvalue weighted by molar-refractivity contribution is -0.113. The van der Waals surface area contributed by atoms with Gasteiger partial charge in [0.2, 0.25) is 5.91 Å². The highest BCUT2D eigenvalue weighted by molar-refractivity contribution is 8.00. The van der Waals surface area contributed by atoms with Crippen molar-refractivity contribution in [1.29, 1.82) is 0 Å². The fourth-order valence-corrected chi connectivity index (χ4v) is 2.84. The molecule has 0 heterocycles. The molecule has 0 spiro atoms. The number of amides is 1. The molecule has 0 bridgehead atoms. The van der Waals surface area contributed by atoms with Crippen LogP contribution in [0.2, 0.25) is 0 Å². The highest BCUT2D eigenvalue weighted by atomic mass is 32.2. The van der Waals surface area contributed by atoms with Gasteiger partial charge in [0.15, 0.2) is 5.75 Å². The molecule has 1 N–H and O–H groups in total. The number of hydrogen-bond acceptors (Lipinski definition) is 3. The third-order valence-corrected chi connectivity index (χ3v) is 4.33. The van der Waals surface area contributed by atoms with Crippen molar-refractivity contribution in [2.75, 3.05) is 11.1 Å². The monoisotopic (exact) mass is 353 g/mol. The largest absolute Gasteiger partial charge is 0.455 e. The molecule has 3 aromatic carbocycles. The number of thioether (sulfide) groups is 1. The summed E-state index contributed by atoms with van der Waals surface area (Å²) in [5.41, 5.74) is 0.607. The van der Waals surface area contributed by atoms with Gasteiger partial charge in [-0.15, -0.1) is 11.8 Å². The molecule has 0 unspecified atom stereocenters. The van der Waals surface area contributed by atoms with Crippen molar-refractivity contribution < 1.29 is 13.9 Å². The number of nitrogens with one attached hydrogen (secondary N) is 1. The van der Waals surface area contributed by atoms with E-state index in [1.807, 2.05) is 42.5 Å². The van der Waals surface area contributed by atoms with Crippen LogP contribution in [0.25, 0.3) is 0 Å². The predicted molar refractivity (Wildman–Crippen MR) is 98.7 cm³/mol. The number of carbonyl (C=O) groups excluding carboxylic acids is 1. The molecule has 0 aromatic heterocycles. The van der Waals surface area contributed by atoms with E-state index in [1.165, 1.54) is 23.9 Å². The fraction of sp³-hybridized carbons (Fsp3) is 0.0500. The number of benzene rings is 3. The van der Waals surface area contributed by atoms with Gasteiger partial charge >= 0.3 is 0 Å². The van der Waals surface area contributed by atoms with Crippen molar-refractivity contribution in [3.8, 4) is 11.5 Å². The van der Waals surface area contributed by atoms with Gasteiger partial charge in [0.1, 0.15) is 11.6 Å². The van der Waals surface area contributed by atoms with E-state index in [1.54, 1.807) is 24.3 Å². The van der Waals surface area contributed by atoms with E-state index < -0.39 is 0 Å². The minimum absolute atomic E-state index is 0.154. The van der Waals surface area contributed by atoms with Gasteiger partial charge in [0.25, 0.3) is 0 Å². The van der Waals surface area contributed by atoms with Gasteiger partial charge in [-0.1, -0.05) is 30.3 Å². The minimum Gasteiger partial charge on any atom is -0.455 e. The molecule has 3 aromatic rings. The Labute approximate surface area is 149 Å². The Bertz CT molecular complexity index is 838. The second kappa shape index (κ2) is 8.35. The van der Waals surface area contributed by atoms with E-state index in [2.05, 4.69) is 5.32 Å². The standard InChI is InChI=1S/C20H16FNO2S/c21-15-10-12-17(13-11-15)25-14-20(23)22-18-8-4-5-9-19(18)24-16-6-2-1-3-7-16/h1-13H,14H2,(H,22,23). The number of rotatable bonds is 6. The summed E-state index contributed by atoms with van der Waals surface area (Å²) in [5.74, 6) is 1.06. The fourth-order valence-electron chi connectivity index (χ4n) is 2.14. The maximum absolute atomic E-state index is 12.9. The van der Waals surface area contributed by atoms with Gasteiger partial charge in [-0.25, -0.2) is 4.39 Å². The zero-order valence-corrected chi connectivity index (χ0v) is 14.1. The third-order valence-electron chi connectivity index (χ3n) is 3.32. The molecule has 126 valence electrons. The number of halogens is 1. The minimum atomic E-state index is -0.291. The van der Waals surface area contributed by atoms with Crippen molar-refractivity contribution >= 4 is 23.4 Å². The van der Waals surface area contributed by atoms with E-state index in [9.17, 15) is 9.18 Å². The topological polar surface area (TPSA) is 38.3 Å². The van der Waals surface area contributed by atoms with Crippen LogP contribution in [0.5, 0.6) is 11.5 Å². The van der Waals surface area contributed by atoms with E-state index in [0.717, 1.165) is 4.90 Å². The van der Waals surface area contributed by atoms with Crippen molar-refractivity contribution in [1.82, 2.24) is 0 Å². The molecule has 1 amide bonds. The van der Waals surface area contributed by atoms with Crippen LogP contribution in [-0.4, -0.2) is 11.7 Å². The zero-order valence-electron chi connectivity index (χ0n) is 13.3. The van der Waals surface area contributed by atoms with Crippen LogP contribution in [0.15, 0.2) is 83.8 Å². The summed E-state index contributed by atoms with van der Waals surface area (Å²) >= 11 is 1.35. The molecule has 0 aliphatic rings. The van der Waals surface area contributed by atoms with Gasteiger partial charge in [-0.05, 0) is 48.5 Å². The van der Waals surface area contributed by atoms with E-state index in [0.29, 0.717) is 17.2 Å². The smallest absolute Gasteiger partial charge is 0.234 e. The number of hydrogen-bond donors (Lipinski definition) is 1. The van der Waals surface area contributed by atoms with Gasteiger partial charge in [-0.3, -0.25) is 4.79 Å². The Kier molecular flexibility index (Phi) is 5.69. The van der Waals surface area contributed by atoms with Crippen LogP contribution >= 0.6 is 11.8 Å². The van der Waals surface area contributed by atoms with Gasteiger partial charge in [0.05, 0.1) is 11.4 Å². The highest BCUT2D eigenvalue weighted by Gasteiger charge is 2.09. The molecule has 0 radical (unpaired) electrons. The normalized spacial score (nSPS) is 10.3. The quantitative estimate of drug-likeness (QED) is 0.607. The van der Waals surface area contributed by atoms with Crippen LogP contribution in [0, 0.1) is 5.82 Å². The summed E-state index contributed by atoms with van der Waals surface area (Å²) in [6.07, 6.45) is 0. The molecular formula is C20H16FNO2S. The van der Waals surface area contributed by atoms with Crippen LogP contribution in [0.4, 0.5) is 10.1 Å². The van der Waals surface area contributed by atoms with Crippen LogP contribution in [0.3, 0.4) is 0 Å². The van der Waals surface area contributed by atoms with Gasteiger partial charge < -0.3 is 10.1 Å².